The predicted molar refractivity (Wildman–Crippen MR) is 75.4 cm³/mol. The molecule has 0 fully saturated rings. The summed E-state index contributed by atoms with van der Waals surface area (Å²) in [6, 6.07) is 7.26. The Hall–Kier alpha value is -1.95. The van der Waals surface area contributed by atoms with E-state index in [4.69, 9.17) is 20.3 Å². The molecular weight excluding hydrogens is 264 g/mol. The van der Waals surface area contributed by atoms with E-state index < -0.39 is 5.97 Å². The number of ether oxygens (including phenoxy) is 1. The first-order chi connectivity index (χ1) is 9.10. The lowest BCUT2D eigenvalue weighted by Gasteiger charge is -1.99. The molecule has 6 heteroatoms. The number of rotatable bonds is 4. The van der Waals surface area contributed by atoms with Crippen LogP contribution in [0.15, 0.2) is 28.7 Å². The molecule has 0 spiro atoms. The van der Waals surface area contributed by atoms with Crippen LogP contribution < -0.4 is 5.73 Å². The van der Waals surface area contributed by atoms with Crippen LogP contribution in [0.4, 0.5) is 0 Å². The Morgan fingerprint density at radius 1 is 1.47 bits per heavy atom. The average molecular weight is 278 g/mol. The van der Waals surface area contributed by atoms with Gasteiger partial charge in [0.15, 0.2) is 5.17 Å². The largest absolute Gasteiger partial charge is 0.460 e. The number of carbonyl (C=O) groups is 1. The summed E-state index contributed by atoms with van der Waals surface area (Å²) in [4.78, 5) is 11.5. The molecule has 0 aliphatic carbocycles. The molecule has 0 atom stereocenters. The SMILES string of the molecule is CCOC(=O)c1cc2cc(CSC(=N)N)ccc2o1. The molecular formula is C13H14N2O3S. The van der Waals surface area contributed by atoms with Crippen molar-refractivity contribution in [1.82, 2.24) is 0 Å². The van der Waals surface area contributed by atoms with Crippen LogP contribution >= 0.6 is 11.8 Å². The molecule has 0 radical (unpaired) electrons. The summed E-state index contributed by atoms with van der Waals surface area (Å²) in [5, 5.41) is 8.09. The molecule has 5 nitrogen and oxygen atoms in total. The van der Waals surface area contributed by atoms with E-state index in [9.17, 15) is 4.79 Å². The number of esters is 1. The van der Waals surface area contributed by atoms with Gasteiger partial charge in [0.05, 0.1) is 6.61 Å². The van der Waals surface area contributed by atoms with Crippen LogP contribution in [0.1, 0.15) is 23.0 Å². The van der Waals surface area contributed by atoms with Crippen molar-refractivity contribution in [2.45, 2.75) is 12.7 Å². The molecule has 1 heterocycles. The quantitative estimate of drug-likeness (QED) is 0.510. The summed E-state index contributed by atoms with van der Waals surface area (Å²) >= 11 is 1.25. The first-order valence-corrected chi connectivity index (χ1v) is 6.75. The molecule has 0 aliphatic rings. The van der Waals surface area contributed by atoms with Crippen molar-refractivity contribution in [3.05, 3.63) is 35.6 Å². The first kappa shape index (κ1) is 13.5. The number of fused-ring (bicyclic) bond motifs is 1. The summed E-state index contributed by atoms with van der Waals surface area (Å²) < 4.78 is 10.3. The fourth-order valence-corrected chi connectivity index (χ4v) is 2.15. The van der Waals surface area contributed by atoms with Gasteiger partial charge in [-0.1, -0.05) is 17.8 Å². The number of nitrogens with one attached hydrogen (secondary N) is 1. The van der Waals surface area contributed by atoms with Gasteiger partial charge in [-0.25, -0.2) is 4.79 Å². The molecule has 0 aliphatic heterocycles. The van der Waals surface area contributed by atoms with Crippen molar-refractivity contribution >= 4 is 33.9 Å². The van der Waals surface area contributed by atoms with E-state index in [2.05, 4.69) is 0 Å². The third kappa shape index (κ3) is 3.29. The molecule has 3 N–H and O–H groups in total. The maximum atomic E-state index is 11.5. The highest BCUT2D eigenvalue weighted by Gasteiger charge is 2.13. The Kier molecular flexibility index (Phi) is 4.11. The highest BCUT2D eigenvalue weighted by Crippen LogP contribution is 2.23. The Balaban J connectivity index is 2.23. The molecule has 0 amide bonds. The molecule has 0 saturated carbocycles. The summed E-state index contributed by atoms with van der Waals surface area (Å²) in [5.74, 6) is 0.358. The topological polar surface area (TPSA) is 89.3 Å². The zero-order chi connectivity index (χ0) is 13.8. The minimum absolute atomic E-state index is 0.0829. The highest BCUT2D eigenvalue weighted by atomic mass is 32.2. The van der Waals surface area contributed by atoms with Crippen LogP contribution in [0.25, 0.3) is 11.0 Å². The molecule has 19 heavy (non-hydrogen) atoms. The van der Waals surface area contributed by atoms with Gasteiger partial charge in [-0.2, -0.15) is 0 Å². The normalized spacial score (nSPS) is 10.6. The lowest BCUT2D eigenvalue weighted by atomic mass is 10.2. The van der Waals surface area contributed by atoms with E-state index in [1.165, 1.54) is 11.8 Å². The van der Waals surface area contributed by atoms with Gasteiger partial charge in [0.25, 0.3) is 0 Å². The van der Waals surface area contributed by atoms with Gasteiger partial charge in [0, 0.05) is 11.1 Å². The second-order valence-corrected chi connectivity index (χ2v) is 4.87. The second-order valence-electron chi connectivity index (χ2n) is 3.86. The molecule has 2 aromatic rings. The van der Waals surface area contributed by atoms with Crippen LogP contribution in [0.3, 0.4) is 0 Å². The monoisotopic (exact) mass is 278 g/mol. The van der Waals surface area contributed by atoms with E-state index in [0.717, 1.165) is 10.9 Å². The predicted octanol–water partition coefficient (Wildman–Crippen LogP) is 2.74. The summed E-state index contributed by atoms with van der Waals surface area (Å²) in [7, 11) is 0. The van der Waals surface area contributed by atoms with Crippen LogP contribution in [-0.2, 0) is 10.5 Å². The van der Waals surface area contributed by atoms with Crippen LogP contribution in [0.2, 0.25) is 0 Å². The molecule has 0 unspecified atom stereocenters. The number of amidine groups is 1. The van der Waals surface area contributed by atoms with Crippen molar-refractivity contribution in [3.63, 3.8) is 0 Å². The molecule has 0 saturated heterocycles. The summed E-state index contributed by atoms with van der Waals surface area (Å²) in [6.45, 7) is 2.06. The number of hydrogen-bond acceptors (Lipinski definition) is 5. The van der Waals surface area contributed by atoms with Gasteiger partial charge < -0.3 is 14.9 Å². The maximum absolute atomic E-state index is 11.5. The van der Waals surface area contributed by atoms with E-state index >= 15 is 0 Å². The van der Waals surface area contributed by atoms with E-state index in [-0.39, 0.29) is 10.9 Å². The Morgan fingerprint density at radius 3 is 2.95 bits per heavy atom. The smallest absolute Gasteiger partial charge is 0.374 e. The number of nitrogens with two attached hydrogens (primary N) is 1. The van der Waals surface area contributed by atoms with Crippen LogP contribution in [-0.4, -0.2) is 17.7 Å². The van der Waals surface area contributed by atoms with Crippen molar-refractivity contribution in [1.29, 1.82) is 5.41 Å². The minimum atomic E-state index is -0.460. The van der Waals surface area contributed by atoms with Crippen LogP contribution in [0.5, 0.6) is 0 Å². The van der Waals surface area contributed by atoms with Gasteiger partial charge in [0.1, 0.15) is 5.58 Å². The zero-order valence-electron chi connectivity index (χ0n) is 10.4. The van der Waals surface area contributed by atoms with Gasteiger partial charge in [-0.3, -0.25) is 5.41 Å². The van der Waals surface area contributed by atoms with E-state index in [1.807, 2.05) is 12.1 Å². The number of furan rings is 1. The summed E-state index contributed by atoms with van der Waals surface area (Å²) in [6.07, 6.45) is 0. The fraction of sp³-hybridized carbons (Fsp3) is 0.231. The molecule has 1 aromatic carbocycles. The number of thioether (sulfide) groups is 1. The van der Waals surface area contributed by atoms with Crippen molar-refractivity contribution in [3.8, 4) is 0 Å². The van der Waals surface area contributed by atoms with Gasteiger partial charge >= 0.3 is 5.97 Å². The van der Waals surface area contributed by atoms with Crippen molar-refractivity contribution in [2.24, 2.45) is 5.73 Å². The number of benzene rings is 1. The Morgan fingerprint density at radius 2 is 2.26 bits per heavy atom. The van der Waals surface area contributed by atoms with Crippen molar-refractivity contribution < 1.29 is 13.9 Å². The van der Waals surface area contributed by atoms with Crippen LogP contribution in [0, 0.1) is 5.41 Å². The lowest BCUT2D eigenvalue weighted by Crippen LogP contribution is -2.03. The molecule has 0 bridgehead atoms. The molecule has 2 rings (SSSR count). The number of carbonyl (C=O) groups excluding carboxylic acids is 1. The first-order valence-electron chi connectivity index (χ1n) is 5.76. The molecule has 100 valence electrons. The highest BCUT2D eigenvalue weighted by molar-refractivity contribution is 8.13. The fourth-order valence-electron chi connectivity index (χ4n) is 1.65. The standard InChI is InChI=1S/C13H14N2O3S/c1-2-17-12(16)11-6-9-5-8(7-19-13(14)15)3-4-10(9)18-11/h3-6H,2,7H2,1H3,(H3,14,15). The maximum Gasteiger partial charge on any atom is 0.374 e. The van der Waals surface area contributed by atoms with E-state index in [0.29, 0.717) is 17.9 Å². The number of hydrogen-bond donors (Lipinski definition) is 2. The second kappa shape index (κ2) is 5.79. The van der Waals surface area contributed by atoms with Gasteiger partial charge in [0.2, 0.25) is 5.76 Å². The summed E-state index contributed by atoms with van der Waals surface area (Å²) in [5.41, 5.74) is 6.95. The third-order valence-electron chi connectivity index (χ3n) is 2.45. The molecule has 1 aromatic heterocycles. The van der Waals surface area contributed by atoms with E-state index in [1.54, 1.807) is 19.1 Å². The third-order valence-corrected chi connectivity index (χ3v) is 3.24. The Bertz CT molecular complexity index is 621. The minimum Gasteiger partial charge on any atom is -0.460 e. The lowest BCUT2D eigenvalue weighted by molar-refractivity contribution is 0.0492. The van der Waals surface area contributed by atoms with Crippen molar-refractivity contribution in [2.75, 3.05) is 6.61 Å². The van der Waals surface area contributed by atoms with Gasteiger partial charge in [-0.15, -0.1) is 0 Å². The Labute approximate surface area is 114 Å². The zero-order valence-corrected chi connectivity index (χ0v) is 11.3. The van der Waals surface area contributed by atoms with Gasteiger partial charge in [-0.05, 0) is 30.7 Å². The average Bonchev–Trinajstić information content (AvgIpc) is 2.79.